The van der Waals surface area contributed by atoms with E-state index in [0.717, 1.165) is 0 Å². The van der Waals surface area contributed by atoms with E-state index in [-0.39, 0.29) is 5.41 Å². The second-order valence-corrected chi connectivity index (χ2v) is 15.2. The highest BCUT2D eigenvalue weighted by molar-refractivity contribution is 7.21. The van der Waals surface area contributed by atoms with Gasteiger partial charge in [-0.25, -0.2) is 0 Å². The fourth-order valence-corrected chi connectivity index (χ4v) is 9.39. The minimum absolute atomic E-state index is 0.0239. The van der Waals surface area contributed by atoms with Gasteiger partial charge >= 0.3 is 0 Å². The van der Waals surface area contributed by atoms with Gasteiger partial charge in [-0.1, -0.05) is 153 Å². The minimum atomic E-state index is -0.0239. The number of nitrogens with zero attached hydrogens (tertiary/aromatic N) is 1. The number of hydrogen-bond acceptors (Lipinski definition) is 1. The molecule has 0 saturated heterocycles. The van der Waals surface area contributed by atoms with Gasteiger partial charge in [0.25, 0.3) is 0 Å². The van der Waals surface area contributed by atoms with Gasteiger partial charge in [0.15, 0.2) is 0 Å². The third-order valence-corrected chi connectivity index (χ3v) is 11.9. The molecule has 0 saturated carbocycles. The summed E-state index contributed by atoms with van der Waals surface area (Å²) < 4.78 is 3.71. The Labute approximate surface area is 302 Å². The van der Waals surface area contributed by atoms with Gasteiger partial charge in [-0.15, -0.1) is 11.3 Å². The van der Waals surface area contributed by atoms with Gasteiger partial charge in [-0.2, -0.15) is 0 Å². The van der Waals surface area contributed by atoms with Crippen molar-refractivity contribution < 1.29 is 0 Å². The summed E-state index contributed by atoms with van der Waals surface area (Å²) in [6, 6.07) is 62.5. The van der Waals surface area contributed by atoms with Crippen LogP contribution in [0.15, 0.2) is 170 Å². The fourth-order valence-electron chi connectivity index (χ4n) is 8.25. The maximum absolute atomic E-state index is 2.43. The molecule has 2 heterocycles. The zero-order chi connectivity index (χ0) is 34.1. The number of fused-ring (bicyclic) bond motifs is 7. The number of para-hydroxylation sites is 2. The molecule has 10 rings (SSSR count). The Morgan fingerprint density at radius 2 is 1.16 bits per heavy atom. The molecule has 0 N–H and O–H groups in total. The van der Waals surface area contributed by atoms with Crippen LogP contribution >= 0.6 is 11.3 Å². The molecule has 0 fully saturated rings. The van der Waals surface area contributed by atoms with Crippen molar-refractivity contribution in [2.24, 2.45) is 0 Å². The van der Waals surface area contributed by atoms with E-state index in [1.165, 1.54) is 92.5 Å². The van der Waals surface area contributed by atoms with Crippen LogP contribution < -0.4 is 0 Å². The van der Waals surface area contributed by atoms with Gasteiger partial charge in [0, 0.05) is 20.9 Å². The molecule has 1 nitrogen and oxygen atoms in total. The molecule has 0 unspecified atom stereocenters. The molecule has 2 aromatic heterocycles. The van der Waals surface area contributed by atoms with Crippen LogP contribution in [0.2, 0.25) is 0 Å². The third kappa shape index (κ3) is 4.82. The third-order valence-electron chi connectivity index (χ3n) is 10.8. The average Bonchev–Trinajstić information content (AvgIpc) is 3.82. The van der Waals surface area contributed by atoms with E-state index in [1.54, 1.807) is 0 Å². The number of rotatable bonds is 5. The first-order chi connectivity index (χ1) is 25.0. The van der Waals surface area contributed by atoms with Crippen LogP contribution in [0.5, 0.6) is 0 Å². The van der Waals surface area contributed by atoms with Crippen molar-refractivity contribution in [2.75, 3.05) is 0 Å². The molecule has 0 bridgehead atoms. The van der Waals surface area contributed by atoms with Crippen molar-refractivity contribution >= 4 is 54.9 Å². The standard InChI is InChI=1S/C49H35NS/c1-49(2)43-17-9-6-14-38(43)42-30-36(26-27-44(42)49)41(35-24-22-34(23-25-35)33-12-4-3-5-13-33)28-32-20-21-37-31-48(51-47(37)29-32)50-45-18-10-7-15-39(45)40-16-8-11-19-46(40)50/h3-31H,1-2H3/b41-28-. The highest BCUT2D eigenvalue weighted by Gasteiger charge is 2.35. The number of benzene rings is 7. The second kappa shape index (κ2) is 11.6. The maximum Gasteiger partial charge on any atom is 0.101 e. The van der Waals surface area contributed by atoms with Gasteiger partial charge in [-0.05, 0) is 97.4 Å². The average molecular weight is 670 g/mol. The smallest absolute Gasteiger partial charge is 0.101 e. The lowest BCUT2D eigenvalue weighted by molar-refractivity contribution is 0.660. The Bertz CT molecular complexity index is 2760. The van der Waals surface area contributed by atoms with Crippen molar-refractivity contribution in [3.63, 3.8) is 0 Å². The summed E-state index contributed by atoms with van der Waals surface area (Å²) in [6.45, 7) is 4.69. The maximum atomic E-state index is 2.43. The number of thiophene rings is 1. The zero-order valence-electron chi connectivity index (χ0n) is 28.6. The predicted molar refractivity (Wildman–Crippen MR) is 219 cm³/mol. The largest absolute Gasteiger partial charge is 0.301 e. The lowest BCUT2D eigenvalue weighted by atomic mass is 9.82. The Morgan fingerprint density at radius 1 is 0.529 bits per heavy atom. The van der Waals surface area contributed by atoms with Crippen LogP contribution in [0.1, 0.15) is 41.7 Å². The van der Waals surface area contributed by atoms with Crippen LogP contribution in [0, 0.1) is 0 Å². The van der Waals surface area contributed by atoms with E-state index in [1.807, 2.05) is 11.3 Å². The van der Waals surface area contributed by atoms with E-state index in [0.29, 0.717) is 0 Å². The Hall–Kier alpha value is -5.96. The predicted octanol–water partition coefficient (Wildman–Crippen LogP) is 13.6. The van der Waals surface area contributed by atoms with Crippen molar-refractivity contribution in [1.82, 2.24) is 4.57 Å². The Balaban J connectivity index is 1.12. The fraction of sp³-hybridized carbons (Fsp3) is 0.0612. The summed E-state index contributed by atoms with van der Waals surface area (Å²) in [6.07, 6.45) is 2.38. The van der Waals surface area contributed by atoms with Gasteiger partial charge in [-0.3, -0.25) is 0 Å². The first kappa shape index (κ1) is 29.9. The Kier molecular flexibility index (Phi) is 6.78. The Morgan fingerprint density at radius 3 is 1.92 bits per heavy atom. The van der Waals surface area contributed by atoms with E-state index in [4.69, 9.17) is 0 Å². The summed E-state index contributed by atoms with van der Waals surface area (Å²) >= 11 is 1.86. The second-order valence-electron chi connectivity index (χ2n) is 14.2. The van der Waals surface area contributed by atoms with E-state index < -0.39 is 0 Å². The molecule has 1 aliphatic rings. The molecule has 0 amide bonds. The van der Waals surface area contributed by atoms with Gasteiger partial charge in [0.2, 0.25) is 0 Å². The lowest BCUT2D eigenvalue weighted by Crippen LogP contribution is -2.14. The quantitative estimate of drug-likeness (QED) is 0.161. The summed E-state index contributed by atoms with van der Waals surface area (Å²) in [5.41, 5.74) is 15.2. The molecular formula is C49H35NS. The summed E-state index contributed by atoms with van der Waals surface area (Å²) in [5.74, 6) is 0. The summed E-state index contributed by atoms with van der Waals surface area (Å²) in [7, 11) is 0. The minimum Gasteiger partial charge on any atom is -0.301 e. The summed E-state index contributed by atoms with van der Waals surface area (Å²) in [5, 5.41) is 5.08. The zero-order valence-corrected chi connectivity index (χ0v) is 29.4. The van der Waals surface area contributed by atoms with Crippen LogP contribution in [-0.4, -0.2) is 4.57 Å². The van der Waals surface area contributed by atoms with Gasteiger partial charge < -0.3 is 4.57 Å². The molecule has 2 heteroatoms. The van der Waals surface area contributed by atoms with Crippen LogP contribution in [0.25, 0.3) is 70.8 Å². The van der Waals surface area contributed by atoms with E-state index in [9.17, 15) is 0 Å². The van der Waals surface area contributed by atoms with Crippen LogP contribution in [-0.2, 0) is 5.41 Å². The van der Waals surface area contributed by atoms with Crippen molar-refractivity contribution in [3.8, 4) is 27.3 Å². The number of aromatic nitrogens is 1. The van der Waals surface area contributed by atoms with Crippen LogP contribution in [0.3, 0.4) is 0 Å². The van der Waals surface area contributed by atoms with Crippen LogP contribution in [0.4, 0.5) is 0 Å². The van der Waals surface area contributed by atoms with Gasteiger partial charge in [0.1, 0.15) is 5.00 Å². The molecule has 0 spiro atoms. The van der Waals surface area contributed by atoms with Crippen molar-refractivity contribution in [2.45, 2.75) is 19.3 Å². The van der Waals surface area contributed by atoms with E-state index >= 15 is 0 Å². The molecule has 1 aliphatic carbocycles. The monoisotopic (exact) mass is 669 g/mol. The normalized spacial score (nSPS) is 13.6. The van der Waals surface area contributed by atoms with Crippen molar-refractivity contribution in [3.05, 3.63) is 198 Å². The highest BCUT2D eigenvalue weighted by Crippen LogP contribution is 2.49. The first-order valence-electron chi connectivity index (χ1n) is 17.7. The topological polar surface area (TPSA) is 4.93 Å². The molecule has 7 aromatic carbocycles. The lowest BCUT2D eigenvalue weighted by Gasteiger charge is -2.21. The molecule has 9 aromatic rings. The SMILES string of the molecule is CC1(C)c2ccccc2-c2cc(/C(=C\c3ccc4cc(-n5c6ccccc6c6ccccc65)sc4c3)c3ccc(-c4ccccc4)cc3)ccc21. The van der Waals surface area contributed by atoms with E-state index in [2.05, 4.69) is 194 Å². The summed E-state index contributed by atoms with van der Waals surface area (Å²) in [4.78, 5) is 0. The molecule has 51 heavy (non-hydrogen) atoms. The molecule has 242 valence electrons. The molecule has 0 aliphatic heterocycles. The molecular weight excluding hydrogens is 635 g/mol. The molecule has 0 atom stereocenters. The first-order valence-corrected chi connectivity index (χ1v) is 18.5. The molecule has 0 radical (unpaired) electrons. The number of hydrogen-bond donors (Lipinski definition) is 0. The highest BCUT2D eigenvalue weighted by atomic mass is 32.1. The van der Waals surface area contributed by atoms with Crippen molar-refractivity contribution in [1.29, 1.82) is 0 Å². The van der Waals surface area contributed by atoms with Gasteiger partial charge in [0.05, 0.1) is 11.0 Å².